The van der Waals surface area contributed by atoms with Gasteiger partial charge < -0.3 is 14.4 Å². The number of nitrogens with zero attached hydrogens (tertiary/aromatic N) is 5. The molecule has 1 fully saturated rings. The predicted molar refractivity (Wildman–Crippen MR) is 126 cm³/mol. The zero-order valence-electron chi connectivity index (χ0n) is 18.7. The van der Waals surface area contributed by atoms with Crippen LogP contribution in [0.5, 0.6) is 11.6 Å². The number of aromatic nitrogens is 2. The Morgan fingerprint density at radius 1 is 1.12 bits per heavy atom. The summed E-state index contributed by atoms with van der Waals surface area (Å²) in [4.78, 5) is 6.80. The molecule has 5 rings (SSSR count). The Bertz CT molecular complexity index is 1250. The summed E-state index contributed by atoms with van der Waals surface area (Å²) in [5, 5.41) is 15.0. The lowest BCUT2D eigenvalue weighted by molar-refractivity contribution is 0.366. The van der Waals surface area contributed by atoms with Crippen molar-refractivity contribution >= 4 is 6.34 Å². The Kier molecular flexibility index (Phi) is 5.57. The van der Waals surface area contributed by atoms with Crippen LogP contribution < -0.4 is 9.47 Å². The van der Waals surface area contributed by atoms with Gasteiger partial charge in [-0.25, -0.2) is 9.67 Å². The summed E-state index contributed by atoms with van der Waals surface area (Å²) in [6.45, 7) is 3.88. The van der Waals surface area contributed by atoms with Crippen LogP contribution in [-0.4, -0.2) is 41.2 Å². The molecule has 1 aromatic heterocycles. The largest absolute Gasteiger partial charge is 0.497 e. The van der Waals surface area contributed by atoms with Gasteiger partial charge in [-0.3, -0.25) is 0 Å². The minimum absolute atomic E-state index is 0.315. The van der Waals surface area contributed by atoms with Crippen molar-refractivity contribution in [2.24, 2.45) is 4.99 Å². The van der Waals surface area contributed by atoms with E-state index in [4.69, 9.17) is 14.6 Å². The number of aliphatic imine (C=N–C) groups is 1. The van der Waals surface area contributed by atoms with Crippen molar-refractivity contribution in [2.75, 3.05) is 20.2 Å². The Labute approximate surface area is 193 Å². The van der Waals surface area contributed by atoms with Gasteiger partial charge in [-0.2, -0.15) is 10.4 Å². The van der Waals surface area contributed by atoms with Crippen LogP contribution in [0, 0.1) is 18.3 Å². The number of methoxy groups -OCH3 is 1. The number of benzene rings is 2. The number of allylic oxidation sites excluding steroid dienone is 1. The molecule has 1 atom stereocenters. The minimum Gasteiger partial charge on any atom is -0.497 e. The van der Waals surface area contributed by atoms with Crippen LogP contribution in [-0.2, 0) is 0 Å². The second-order valence-corrected chi connectivity index (χ2v) is 8.18. The zero-order valence-corrected chi connectivity index (χ0v) is 18.7. The number of aryl methyl sites for hydroxylation is 1. The third-order valence-electron chi connectivity index (χ3n) is 6.11. The number of fused-ring (bicyclic) bond motifs is 1. The molecule has 0 aliphatic carbocycles. The van der Waals surface area contributed by atoms with E-state index < -0.39 is 0 Å². The third kappa shape index (κ3) is 3.85. The molecule has 0 unspecified atom stereocenters. The van der Waals surface area contributed by atoms with Crippen LogP contribution in [0.1, 0.15) is 35.6 Å². The van der Waals surface area contributed by atoms with Crippen molar-refractivity contribution in [1.29, 1.82) is 5.26 Å². The second kappa shape index (κ2) is 8.83. The fraction of sp³-hybridized carbons (Fsp3) is 0.269. The average Bonchev–Trinajstić information content (AvgIpc) is 3.50. The molecular formula is C26H25N5O2. The first-order chi connectivity index (χ1) is 16.2. The molecule has 7 nitrogen and oxygen atoms in total. The summed E-state index contributed by atoms with van der Waals surface area (Å²) in [6, 6.07) is 20.0. The molecular weight excluding hydrogens is 414 g/mol. The Morgan fingerprint density at radius 3 is 2.52 bits per heavy atom. The maximum atomic E-state index is 10.2. The highest BCUT2D eigenvalue weighted by molar-refractivity contribution is 5.62. The number of rotatable bonds is 5. The maximum Gasteiger partial charge on any atom is 0.237 e. The Balaban J connectivity index is 1.67. The molecule has 3 aromatic rings. The van der Waals surface area contributed by atoms with E-state index in [0.29, 0.717) is 17.3 Å². The summed E-state index contributed by atoms with van der Waals surface area (Å²) in [5.74, 6) is 1.33. The molecule has 1 saturated heterocycles. The number of hydrogen-bond acceptors (Lipinski definition) is 5. The normalized spacial score (nSPS) is 17.7. The van der Waals surface area contributed by atoms with Crippen LogP contribution in [0.3, 0.4) is 0 Å². The SMILES string of the molecule is COc1ccc([C@@H]2C(C#N)=C(N=CN3CCCC3)Oc3c2c(C)nn3-c2ccccc2)cc1. The summed E-state index contributed by atoms with van der Waals surface area (Å²) in [5.41, 5.74) is 4.00. The van der Waals surface area contributed by atoms with E-state index in [1.54, 1.807) is 18.1 Å². The molecule has 0 N–H and O–H groups in total. The number of hydrogen-bond donors (Lipinski definition) is 0. The van der Waals surface area contributed by atoms with Crippen molar-refractivity contribution in [1.82, 2.24) is 14.7 Å². The molecule has 2 aromatic carbocycles. The van der Waals surface area contributed by atoms with E-state index >= 15 is 0 Å². The lowest BCUT2D eigenvalue weighted by atomic mass is 9.84. The van der Waals surface area contributed by atoms with E-state index in [-0.39, 0.29) is 5.92 Å². The van der Waals surface area contributed by atoms with Crippen molar-refractivity contribution in [3.63, 3.8) is 0 Å². The van der Waals surface area contributed by atoms with Gasteiger partial charge in [0.1, 0.15) is 17.4 Å². The second-order valence-electron chi connectivity index (χ2n) is 8.18. The molecule has 3 heterocycles. The monoisotopic (exact) mass is 439 g/mol. The molecule has 0 bridgehead atoms. The van der Waals surface area contributed by atoms with E-state index in [0.717, 1.165) is 54.2 Å². The van der Waals surface area contributed by atoms with Crippen molar-refractivity contribution in [3.05, 3.63) is 82.9 Å². The molecule has 2 aliphatic heterocycles. The average molecular weight is 440 g/mol. The van der Waals surface area contributed by atoms with Crippen LogP contribution in [0.2, 0.25) is 0 Å². The minimum atomic E-state index is -0.340. The fourth-order valence-electron chi connectivity index (χ4n) is 4.44. The standard InChI is InChI=1S/C26H25N5O2/c1-18-23-24(19-10-12-21(32-2)13-11-19)22(16-27)25(28-17-30-14-6-7-15-30)33-26(23)31(29-18)20-8-4-3-5-9-20/h3-5,8-13,17,24H,6-7,14-15H2,1-2H3/t24-/m1/s1. The van der Waals surface area contributed by atoms with Crippen molar-refractivity contribution in [3.8, 4) is 23.4 Å². The highest BCUT2D eigenvalue weighted by Gasteiger charge is 2.37. The first kappa shape index (κ1) is 20.8. The first-order valence-corrected chi connectivity index (χ1v) is 11.1. The molecule has 7 heteroatoms. The molecule has 166 valence electrons. The summed E-state index contributed by atoms with van der Waals surface area (Å²) in [7, 11) is 1.64. The summed E-state index contributed by atoms with van der Waals surface area (Å²) in [6.07, 6.45) is 4.09. The predicted octanol–water partition coefficient (Wildman–Crippen LogP) is 4.57. The number of likely N-dealkylation sites (tertiary alicyclic amines) is 1. The lowest BCUT2D eigenvalue weighted by Crippen LogP contribution is -2.20. The fourth-order valence-corrected chi connectivity index (χ4v) is 4.44. The molecule has 0 radical (unpaired) electrons. The quantitative estimate of drug-likeness (QED) is 0.430. The smallest absolute Gasteiger partial charge is 0.237 e. The molecule has 0 saturated carbocycles. The van der Waals surface area contributed by atoms with Gasteiger partial charge in [0.15, 0.2) is 0 Å². The van der Waals surface area contributed by atoms with Crippen LogP contribution in [0.25, 0.3) is 5.69 Å². The number of ether oxygens (including phenoxy) is 2. The third-order valence-corrected chi connectivity index (χ3v) is 6.11. The zero-order chi connectivity index (χ0) is 22.8. The first-order valence-electron chi connectivity index (χ1n) is 11.1. The van der Waals surface area contributed by atoms with Crippen molar-refractivity contribution < 1.29 is 9.47 Å². The highest BCUT2D eigenvalue weighted by Crippen LogP contribution is 2.46. The van der Waals surface area contributed by atoms with Gasteiger partial charge in [0.25, 0.3) is 0 Å². The van der Waals surface area contributed by atoms with Gasteiger partial charge in [-0.1, -0.05) is 30.3 Å². The maximum absolute atomic E-state index is 10.2. The van der Waals surface area contributed by atoms with E-state index in [1.807, 2.05) is 61.5 Å². The van der Waals surface area contributed by atoms with Crippen LogP contribution in [0.4, 0.5) is 0 Å². The van der Waals surface area contributed by atoms with Crippen molar-refractivity contribution in [2.45, 2.75) is 25.7 Å². The van der Waals surface area contributed by atoms with E-state index in [2.05, 4.69) is 16.0 Å². The number of nitriles is 1. The van der Waals surface area contributed by atoms with Gasteiger partial charge >= 0.3 is 0 Å². The van der Waals surface area contributed by atoms with Crippen LogP contribution >= 0.6 is 0 Å². The van der Waals surface area contributed by atoms with Gasteiger partial charge in [0, 0.05) is 13.1 Å². The van der Waals surface area contributed by atoms with Crippen LogP contribution in [0.15, 0.2) is 71.0 Å². The number of para-hydroxylation sites is 1. The molecule has 0 spiro atoms. The van der Waals surface area contributed by atoms with E-state index in [1.165, 1.54) is 0 Å². The Hall–Kier alpha value is -4.05. The topological polar surface area (TPSA) is 75.7 Å². The molecule has 33 heavy (non-hydrogen) atoms. The van der Waals surface area contributed by atoms with Gasteiger partial charge in [-0.15, -0.1) is 0 Å². The summed E-state index contributed by atoms with van der Waals surface area (Å²) >= 11 is 0. The summed E-state index contributed by atoms with van der Waals surface area (Å²) < 4.78 is 13.4. The van der Waals surface area contributed by atoms with Gasteiger partial charge in [-0.05, 0) is 49.6 Å². The van der Waals surface area contributed by atoms with E-state index in [9.17, 15) is 5.26 Å². The Morgan fingerprint density at radius 2 is 1.85 bits per heavy atom. The molecule has 0 amide bonds. The highest BCUT2D eigenvalue weighted by atomic mass is 16.5. The van der Waals surface area contributed by atoms with Gasteiger partial charge in [0.2, 0.25) is 11.8 Å². The molecule has 2 aliphatic rings. The lowest BCUT2D eigenvalue weighted by Gasteiger charge is -2.25. The van der Waals surface area contributed by atoms with Gasteiger partial charge in [0.05, 0.1) is 36.3 Å².